The topological polar surface area (TPSA) is 90.2 Å². The molecule has 0 spiro atoms. The van der Waals surface area contributed by atoms with E-state index in [1.807, 2.05) is 6.08 Å². The Hall–Kier alpha value is -0.950. The Morgan fingerprint density at radius 2 is 2.19 bits per heavy atom. The molecule has 2 aliphatic heterocycles. The first kappa shape index (κ1) is 16.4. The molecule has 6 heteroatoms. The predicted octanol–water partition coefficient (Wildman–Crippen LogP) is -0.327. The van der Waals surface area contributed by atoms with Gasteiger partial charge >= 0.3 is 5.97 Å². The Labute approximate surface area is 125 Å². The van der Waals surface area contributed by atoms with Gasteiger partial charge in [0, 0.05) is 13.1 Å². The first-order valence-electron chi connectivity index (χ1n) is 7.47. The van der Waals surface area contributed by atoms with Crippen LogP contribution in [0.25, 0.3) is 0 Å². The maximum absolute atomic E-state index is 12.1. The van der Waals surface area contributed by atoms with Crippen molar-refractivity contribution in [2.24, 2.45) is 5.92 Å². The molecule has 1 saturated heterocycles. The number of carbonyl (C=O) groups is 1. The molecule has 0 bridgehead atoms. The molecule has 3 N–H and O–H groups in total. The first-order chi connectivity index (χ1) is 9.78. The Balaban J connectivity index is 1.98. The molecule has 2 heterocycles. The SMILES string of the molecule is CC(C)[C@](O)(C(=O)OCC1=CCN2CC[C@H](O)[C@H]12)[C@@H](C)O. The van der Waals surface area contributed by atoms with Crippen LogP contribution in [0.2, 0.25) is 0 Å². The molecule has 0 saturated carbocycles. The summed E-state index contributed by atoms with van der Waals surface area (Å²) in [5, 5.41) is 30.0. The van der Waals surface area contributed by atoms with E-state index in [1.54, 1.807) is 13.8 Å². The number of hydrogen-bond acceptors (Lipinski definition) is 6. The third kappa shape index (κ3) is 2.85. The van der Waals surface area contributed by atoms with Crippen molar-refractivity contribution in [1.29, 1.82) is 0 Å². The lowest BCUT2D eigenvalue weighted by Crippen LogP contribution is -2.53. The van der Waals surface area contributed by atoms with Gasteiger partial charge in [0.05, 0.1) is 18.2 Å². The maximum atomic E-state index is 12.1. The van der Waals surface area contributed by atoms with Crippen LogP contribution in [0, 0.1) is 5.92 Å². The molecular formula is C15H25NO5. The molecule has 0 radical (unpaired) electrons. The van der Waals surface area contributed by atoms with E-state index in [0.717, 1.165) is 25.1 Å². The molecule has 1 fully saturated rings. The van der Waals surface area contributed by atoms with Crippen LogP contribution in [-0.4, -0.2) is 69.7 Å². The van der Waals surface area contributed by atoms with Crippen molar-refractivity contribution in [2.45, 2.75) is 51.0 Å². The number of aliphatic hydroxyl groups excluding tert-OH is 2. The maximum Gasteiger partial charge on any atom is 0.341 e. The van der Waals surface area contributed by atoms with Gasteiger partial charge in [0.1, 0.15) is 6.61 Å². The van der Waals surface area contributed by atoms with E-state index in [4.69, 9.17) is 4.74 Å². The molecule has 21 heavy (non-hydrogen) atoms. The van der Waals surface area contributed by atoms with Crippen LogP contribution in [0.5, 0.6) is 0 Å². The highest BCUT2D eigenvalue weighted by Gasteiger charge is 2.46. The van der Waals surface area contributed by atoms with Gasteiger partial charge in [-0.05, 0) is 24.8 Å². The average Bonchev–Trinajstić information content (AvgIpc) is 2.98. The Morgan fingerprint density at radius 1 is 1.52 bits per heavy atom. The second-order valence-corrected chi connectivity index (χ2v) is 6.31. The third-order valence-corrected chi connectivity index (χ3v) is 4.65. The highest BCUT2D eigenvalue weighted by atomic mass is 16.6. The van der Waals surface area contributed by atoms with Gasteiger partial charge in [0.25, 0.3) is 0 Å². The van der Waals surface area contributed by atoms with Gasteiger partial charge in [-0.1, -0.05) is 19.9 Å². The lowest BCUT2D eigenvalue weighted by atomic mass is 9.85. The summed E-state index contributed by atoms with van der Waals surface area (Å²) in [5.41, 5.74) is -1.04. The number of aliphatic hydroxyl groups is 3. The number of carbonyl (C=O) groups excluding carboxylic acids is 1. The zero-order valence-corrected chi connectivity index (χ0v) is 12.8. The molecular weight excluding hydrogens is 274 g/mol. The van der Waals surface area contributed by atoms with E-state index < -0.39 is 29.7 Å². The minimum absolute atomic E-state index is 0.0405. The molecule has 2 aliphatic rings. The van der Waals surface area contributed by atoms with E-state index in [9.17, 15) is 20.1 Å². The van der Waals surface area contributed by atoms with Crippen LogP contribution in [0.3, 0.4) is 0 Å². The van der Waals surface area contributed by atoms with Crippen molar-refractivity contribution < 1.29 is 24.9 Å². The second kappa shape index (κ2) is 6.04. The smallest absolute Gasteiger partial charge is 0.341 e. The zero-order chi connectivity index (χ0) is 15.8. The normalized spacial score (nSPS) is 30.0. The lowest BCUT2D eigenvalue weighted by molar-refractivity contribution is -0.183. The van der Waals surface area contributed by atoms with Crippen molar-refractivity contribution in [3.63, 3.8) is 0 Å². The molecule has 0 unspecified atom stereocenters. The molecule has 6 nitrogen and oxygen atoms in total. The Kier molecular flexibility index (Phi) is 4.72. The number of rotatable bonds is 5. The number of fused-ring (bicyclic) bond motifs is 1. The average molecular weight is 299 g/mol. The minimum Gasteiger partial charge on any atom is -0.459 e. The molecule has 0 aromatic carbocycles. The lowest BCUT2D eigenvalue weighted by Gasteiger charge is -2.32. The number of hydrogen-bond donors (Lipinski definition) is 3. The Bertz CT molecular complexity index is 424. The van der Waals surface area contributed by atoms with Crippen molar-refractivity contribution >= 4 is 5.97 Å². The highest BCUT2D eigenvalue weighted by Crippen LogP contribution is 2.30. The van der Waals surface area contributed by atoms with Crippen LogP contribution in [0.1, 0.15) is 27.2 Å². The summed E-state index contributed by atoms with van der Waals surface area (Å²) in [6.07, 6.45) is 1.03. The van der Waals surface area contributed by atoms with Crippen LogP contribution >= 0.6 is 0 Å². The zero-order valence-electron chi connectivity index (χ0n) is 12.8. The van der Waals surface area contributed by atoms with Crippen molar-refractivity contribution in [2.75, 3.05) is 19.7 Å². The summed E-state index contributed by atoms with van der Waals surface area (Å²) in [6.45, 7) is 6.32. The molecule has 0 amide bonds. The van der Waals surface area contributed by atoms with Gasteiger partial charge < -0.3 is 20.1 Å². The molecule has 0 aromatic rings. The highest BCUT2D eigenvalue weighted by molar-refractivity contribution is 5.80. The van der Waals surface area contributed by atoms with E-state index in [0.29, 0.717) is 0 Å². The summed E-state index contributed by atoms with van der Waals surface area (Å²) < 4.78 is 5.22. The number of ether oxygens (including phenoxy) is 1. The van der Waals surface area contributed by atoms with Crippen LogP contribution in [0.15, 0.2) is 11.6 Å². The summed E-state index contributed by atoms with van der Waals surface area (Å²) in [5.74, 6) is -1.28. The standard InChI is InChI=1S/C15H25NO5/c1-9(2)15(20,10(3)17)14(19)21-8-11-4-6-16-7-5-12(18)13(11)16/h4,9-10,12-13,17-18,20H,5-8H2,1-3H3/t10-,12+,13+,15-/m1/s1. The first-order valence-corrected chi connectivity index (χ1v) is 7.47. The van der Waals surface area contributed by atoms with E-state index >= 15 is 0 Å². The van der Waals surface area contributed by atoms with Gasteiger partial charge in [-0.3, -0.25) is 4.90 Å². The summed E-state index contributed by atoms with van der Waals surface area (Å²) in [4.78, 5) is 14.3. The second-order valence-electron chi connectivity index (χ2n) is 6.31. The predicted molar refractivity (Wildman–Crippen MR) is 76.5 cm³/mol. The largest absolute Gasteiger partial charge is 0.459 e. The van der Waals surface area contributed by atoms with E-state index in [2.05, 4.69) is 4.90 Å². The van der Waals surface area contributed by atoms with Crippen molar-refractivity contribution in [1.82, 2.24) is 4.90 Å². The van der Waals surface area contributed by atoms with E-state index in [-0.39, 0.29) is 12.6 Å². The Morgan fingerprint density at radius 3 is 2.76 bits per heavy atom. The third-order valence-electron chi connectivity index (χ3n) is 4.65. The minimum atomic E-state index is -1.91. The van der Waals surface area contributed by atoms with Gasteiger partial charge in [-0.25, -0.2) is 4.79 Å². The van der Waals surface area contributed by atoms with Gasteiger partial charge in [0.2, 0.25) is 0 Å². The fourth-order valence-electron chi connectivity index (χ4n) is 3.18. The summed E-state index contributed by atoms with van der Waals surface area (Å²) in [7, 11) is 0. The number of nitrogens with zero attached hydrogens (tertiary/aromatic N) is 1. The summed E-state index contributed by atoms with van der Waals surface area (Å²) in [6, 6.07) is -0.0866. The molecule has 0 aromatic heterocycles. The van der Waals surface area contributed by atoms with Gasteiger partial charge in [-0.2, -0.15) is 0 Å². The monoisotopic (exact) mass is 299 g/mol. The fourth-order valence-corrected chi connectivity index (χ4v) is 3.18. The van der Waals surface area contributed by atoms with Crippen LogP contribution < -0.4 is 0 Å². The molecule has 2 rings (SSSR count). The van der Waals surface area contributed by atoms with E-state index in [1.165, 1.54) is 6.92 Å². The van der Waals surface area contributed by atoms with Crippen molar-refractivity contribution in [3.8, 4) is 0 Å². The fraction of sp³-hybridized carbons (Fsp3) is 0.800. The molecule has 0 aliphatic carbocycles. The summed E-state index contributed by atoms with van der Waals surface area (Å²) >= 11 is 0. The molecule has 4 atom stereocenters. The van der Waals surface area contributed by atoms with Gasteiger partial charge in [0.15, 0.2) is 5.60 Å². The van der Waals surface area contributed by atoms with Gasteiger partial charge in [-0.15, -0.1) is 0 Å². The number of esters is 1. The van der Waals surface area contributed by atoms with Crippen molar-refractivity contribution in [3.05, 3.63) is 11.6 Å². The molecule has 120 valence electrons. The van der Waals surface area contributed by atoms with Crippen LogP contribution in [-0.2, 0) is 9.53 Å². The van der Waals surface area contributed by atoms with Crippen LogP contribution in [0.4, 0.5) is 0 Å². The quantitative estimate of drug-likeness (QED) is 0.476.